The van der Waals surface area contributed by atoms with Gasteiger partial charge < -0.3 is 15.5 Å². The van der Waals surface area contributed by atoms with Crippen molar-refractivity contribution in [1.82, 2.24) is 5.32 Å². The molecule has 0 fully saturated rings. The summed E-state index contributed by atoms with van der Waals surface area (Å²) in [6.07, 6.45) is 22.6. The van der Waals surface area contributed by atoms with Gasteiger partial charge in [0.05, 0.1) is 12.2 Å². The fraction of sp³-hybridized carbons (Fsp3) is 0.792. The molecule has 0 spiro atoms. The zero-order chi connectivity index (χ0) is 20.9. The largest absolute Gasteiger partial charge is 0.391 e. The Morgan fingerprint density at radius 1 is 0.857 bits per heavy atom. The first-order valence-electron chi connectivity index (χ1n) is 11.5. The molecule has 0 aromatic carbocycles. The summed E-state index contributed by atoms with van der Waals surface area (Å²) in [4.78, 5) is 11.7. The second kappa shape index (κ2) is 20.6. The summed E-state index contributed by atoms with van der Waals surface area (Å²) in [5.74, 6) is 0.0946. The van der Waals surface area contributed by atoms with Gasteiger partial charge in [0.15, 0.2) is 0 Å². The molecular weight excluding hydrogens is 350 g/mol. The van der Waals surface area contributed by atoms with E-state index in [1.807, 2.05) is 0 Å². The Morgan fingerprint density at radius 2 is 1.46 bits per heavy atom. The Bertz CT molecular complexity index is 405. The predicted molar refractivity (Wildman–Crippen MR) is 119 cm³/mol. The highest BCUT2D eigenvalue weighted by atomic mass is 16.3. The van der Waals surface area contributed by atoms with Crippen molar-refractivity contribution in [3.05, 3.63) is 24.3 Å². The first-order valence-corrected chi connectivity index (χ1v) is 11.5. The molecule has 0 aromatic heterocycles. The fourth-order valence-corrected chi connectivity index (χ4v) is 2.97. The number of carbonyl (C=O) groups is 1. The zero-order valence-corrected chi connectivity index (χ0v) is 18.4. The maximum atomic E-state index is 11.7. The Labute approximate surface area is 173 Å². The Hall–Kier alpha value is -1.13. The van der Waals surface area contributed by atoms with E-state index in [0.717, 1.165) is 25.7 Å². The lowest BCUT2D eigenvalue weighted by molar-refractivity contribution is -0.121. The van der Waals surface area contributed by atoms with Gasteiger partial charge in [-0.1, -0.05) is 63.3 Å². The van der Waals surface area contributed by atoms with E-state index in [-0.39, 0.29) is 5.91 Å². The van der Waals surface area contributed by atoms with Gasteiger partial charge in [-0.2, -0.15) is 0 Å². The van der Waals surface area contributed by atoms with Gasteiger partial charge in [-0.05, 0) is 58.3 Å². The van der Waals surface area contributed by atoms with Crippen molar-refractivity contribution in [2.24, 2.45) is 0 Å². The van der Waals surface area contributed by atoms with Crippen molar-refractivity contribution in [3.63, 3.8) is 0 Å². The minimum absolute atomic E-state index is 0.0946. The van der Waals surface area contributed by atoms with Crippen LogP contribution >= 0.6 is 0 Å². The van der Waals surface area contributed by atoms with Crippen LogP contribution < -0.4 is 5.32 Å². The number of rotatable bonds is 19. The molecule has 3 N–H and O–H groups in total. The number of hydrogen-bond acceptors (Lipinski definition) is 3. The summed E-state index contributed by atoms with van der Waals surface area (Å²) >= 11 is 0. The number of amides is 1. The number of aliphatic hydroxyl groups is 2. The smallest absolute Gasteiger partial charge is 0.219 e. The second-order valence-electron chi connectivity index (χ2n) is 7.78. The summed E-state index contributed by atoms with van der Waals surface area (Å²) in [7, 11) is 0. The van der Waals surface area contributed by atoms with E-state index in [0.29, 0.717) is 25.8 Å². The summed E-state index contributed by atoms with van der Waals surface area (Å²) < 4.78 is 0. The molecule has 0 saturated carbocycles. The maximum Gasteiger partial charge on any atom is 0.219 e. The summed E-state index contributed by atoms with van der Waals surface area (Å²) in [5, 5.41) is 21.5. The van der Waals surface area contributed by atoms with E-state index in [1.165, 1.54) is 44.9 Å². The van der Waals surface area contributed by atoms with Crippen LogP contribution in [-0.2, 0) is 4.79 Å². The van der Waals surface area contributed by atoms with Crippen molar-refractivity contribution < 1.29 is 15.0 Å². The molecule has 0 heterocycles. The van der Waals surface area contributed by atoms with E-state index in [2.05, 4.69) is 36.5 Å². The minimum atomic E-state index is -0.705. The lowest BCUT2D eigenvalue weighted by Gasteiger charge is -2.13. The summed E-state index contributed by atoms with van der Waals surface area (Å²) in [6, 6.07) is 0. The third-order valence-corrected chi connectivity index (χ3v) is 4.91. The first-order chi connectivity index (χ1) is 13.6. The third-order valence-electron chi connectivity index (χ3n) is 4.91. The molecule has 4 nitrogen and oxygen atoms in total. The number of hydrogen-bond donors (Lipinski definition) is 3. The van der Waals surface area contributed by atoms with Crippen LogP contribution in [0.5, 0.6) is 0 Å². The van der Waals surface area contributed by atoms with Crippen LogP contribution in [0.2, 0.25) is 0 Å². The average Bonchev–Trinajstić information content (AvgIpc) is 2.68. The van der Waals surface area contributed by atoms with Crippen molar-refractivity contribution in [3.8, 4) is 0 Å². The van der Waals surface area contributed by atoms with E-state index < -0.39 is 12.2 Å². The second-order valence-corrected chi connectivity index (χ2v) is 7.78. The van der Waals surface area contributed by atoms with Gasteiger partial charge in [-0.25, -0.2) is 0 Å². The van der Waals surface area contributed by atoms with Gasteiger partial charge in [0.25, 0.3) is 0 Å². The predicted octanol–water partition coefficient (Wildman–Crippen LogP) is 5.44. The molecule has 0 bridgehead atoms. The minimum Gasteiger partial charge on any atom is -0.391 e. The molecule has 0 aromatic rings. The molecule has 0 radical (unpaired) electrons. The molecule has 2 atom stereocenters. The van der Waals surface area contributed by atoms with E-state index in [1.54, 1.807) is 6.92 Å². The Morgan fingerprint density at radius 3 is 2.11 bits per heavy atom. The molecule has 2 unspecified atom stereocenters. The monoisotopic (exact) mass is 395 g/mol. The summed E-state index contributed by atoms with van der Waals surface area (Å²) in [5.41, 5.74) is 0. The van der Waals surface area contributed by atoms with Gasteiger partial charge in [0.1, 0.15) is 0 Å². The van der Waals surface area contributed by atoms with Gasteiger partial charge in [-0.3, -0.25) is 4.79 Å². The van der Waals surface area contributed by atoms with Crippen molar-refractivity contribution >= 4 is 5.91 Å². The van der Waals surface area contributed by atoms with E-state index in [9.17, 15) is 15.0 Å². The van der Waals surface area contributed by atoms with E-state index >= 15 is 0 Å². The SMILES string of the molecule is CCCCC/C=C\C/C=C\CCCCCCCC(=O)NCCCC(O)C(C)O. The molecule has 28 heavy (non-hydrogen) atoms. The van der Waals surface area contributed by atoms with Crippen LogP contribution in [0.3, 0.4) is 0 Å². The quantitative estimate of drug-likeness (QED) is 0.201. The topological polar surface area (TPSA) is 69.6 Å². The Balaban J connectivity index is 3.34. The van der Waals surface area contributed by atoms with Gasteiger partial charge in [0.2, 0.25) is 5.91 Å². The van der Waals surface area contributed by atoms with Crippen LogP contribution in [0.4, 0.5) is 0 Å². The number of aliphatic hydroxyl groups excluding tert-OH is 2. The van der Waals surface area contributed by atoms with Crippen molar-refractivity contribution in [2.75, 3.05) is 6.54 Å². The van der Waals surface area contributed by atoms with Crippen LogP contribution in [0, 0.1) is 0 Å². The Kier molecular flexibility index (Phi) is 19.8. The van der Waals surface area contributed by atoms with Crippen LogP contribution in [0.25, 0.3) is 0 Å². The molecule has 164 valence electrons. The number of carbonyl (C=O) groups excluding carboxylic acids is 1. The first kappa shape index (κ1) is 26.9. The van der Waals surface area contributed by atoms with Crippen LogP contribution in [0.1, 0.15) is 104 Å². The standard InChI is InChI=1S/C24H45NO3/c1-3-4-5-6-7-8-9-10-11-12-13-14-15-16-17-20-24(28)25-21-18-19-23(27)22(2)26/h7-8,10-11,22-23,26-27H,3-6,9,12-21H2,1-2H3,(H,25,28)/b8-7-,11-10-. The van der Waals surface area contributed by atoms with E-state index in [4.69, 9.17) is 0 Å². The molecule has 0 aliphatic carbocycles. The molecule has 0 rings (SSSR count). The average molecular weight is 396 g/mol. The molecule has 0 saturated heterocycles. The number of nitrogens with one attached hydrogen (secondary N) is 1. The van der Waals surface area contributed by atoms with Gasteiger partial charge in [-0.15, -0.1) is 0 Å². The highest BCUT2D eigenvalue weighted by Gasteiger charge is 2.10. The van der Waals surface area contributed by atoms with Gasteiger partial charge >= 0.3 is 0 Å². The molecule has 0 aliphatic rings. The van der Waals surface area contributed by atoms with Crippen LogP contribution in [-0.4, -0.2) is 34.9 Å². The molecule has 4 heteroatoms. The van der Waals surface area contributed by atoms with Crippen molar-refractivity contribution in [2.45, 2.75) is 116 Å². The zero-order valence-electron chi connectivity index (χ0n) is 18.4. The lowest BCUT2D eigenvalue weighted by atomic mass is 10.1. The third kappa shape index (κ3) is 19.6. The van der Waals surface area contributed by atoms with Crippen molar-refractivity contribution in [1.29, 1.82) is 0 Å². The molecular formula is C24H45NO3. The lowest BCUT2D eigenvalue weighted by Crippen LogP contribution is -2.27. The number of allylic oxidation sites excluding steroid dienone is 4. The van der Waals surface area contributed by atoms with Crippen LogP contribution in [0.15, 0.2) is 24.3 Å². The molecule has 1 amide bonds. The molecule has 0 aliphatic heterocycles. The maximum absolute atomic E-state index is 11.7. The van der Waals surface area contributed by atoms with Gasteiger partial charge in [0, 0.05) is 13.0 Å². The normalized spacial score (nSPS) is 14.0. The number of unbranched alkanes of at least 4 members (excludes halogenated alkanes) is 8. The fourth-order valence-electron chi connectivity index (χ4n) is 2.97. The summed E-state index contributed by atoms with van der Waals surface area (Å²) in [6.45, 7) is 4.39. The highest BCUT2D eigenvalue weighted by molar-refractivity contribution is 5.75. The highest BCUT2D eigenvalue weighted by Crippen LogP contribution is 2.08.